The lowest BCUT2D eigenvalue weighted by Gasteiger charge is -2.12. The maximum absolute atomic E-state index is 10.9. The fourth-order valence-electron chi connectivity index (χ4n) is 0.766. The summed E-state index contributed by atoms with van der Waals surface area (Å²) >= 11 is 6.19. The molecule has 0 bridgehead atoms. The molecule has 0 fully saturated rings. The van der Waals surface area contributed by atoms with E-state index in [0.717, 1.165) is 10.2 Å². The minimum Gasteiger partial charge on any atom is -0.306 e. The zero-order chi connectivity index (χ0) is 9.14. The van der Waals surface area contributed by atoms with Gasteiger partial charge in [-0.2, -0.15) is 0 Å². The Morgan fingerprint density at radius 3 is 2.25 bits per heavy atom. The van der Waals surface area contributed by atoms with Crippen LogP contribution in [0.4, 0.5) is 10.5 Å². The minimum absolute atomic E-state index is 0.148. The number of hydrogen-bond donors (Lipinski definition) is 0. The maximum atomic E-state index is 10.9. The summed E-state index contributed by atoms with van der Waals surface area (Å²) in [6.45, 7) is 0. The standard InChI is InChI=1S/C8H7Br2NO/c1-11(8(10)12)7-4-2-6(9)3-5-7/h2-5H,1H3. The van der Waals surface area contributed by atoms with Crippen molar-refractivity contribution in [2.75, 3.05) is 11.9 Å². The van der Waals surface area contributed by atoms with Crippen molar-refractivity contribution in [3.8, 4) is 0 Å². The first kappa shape index (κ1) is 9.74. The number of carbonyl (C=O) groups is 1. The average Bonchev–Trinajstić information content (AvgIpc) is 2.04. The van der Waals surface area contributed by atoms with Crippen LogP contribution in [0.5, 0.6) is 0 Å². The Morgan fingerprint density at radius 1 is 1.33 bits per heavy atom. The van der Waals surface area contributed by atoms with E-state index in [1.807, 2.05) is 24.3 Å². The largest absolute Gasteiger partial charge is 0.306 e. The Morgan fingerprint density at radius 2 is 1.83 bits per heavy atom. The third kappa shape index (κ3) is 2.32. The summed E-state index contributed by atoms with van der Waals surface area (Å²) in [7, 11) is 1.71. The van der Waals surface area contributed by atoms with Crippen molar-refractivity contribution in [2.24, 2.45) is 0 Å². The van der Waals surface area contributed by atoms with Crippen molar-refractivity contribution in [2.45, 2.75) is 0 Å². The van der Waals surface area contributed by atoms with Crippen LogP contribution in [0.1, 0.15) is 0 Å². The lowest BCUT2D eigenvalue weighted by atomic mass is 10.3. The first-order chi connectivity index (χ1) is 5.61. The molecule has 1 aromatic rings. The van der Waals surface area contributed by atoms with Crippen LogP contribution in [0, 0.1) is 0 Å². The second-order valence-corrected chi connectivity index (χ2v) is 3.88. The number of nitrogens with zero attached hydrogens (tertiary/aromatic N) is 1. The van der Waals surface area contributed by atoms with Crippen LogP contribution in [0.15, 0.2) is 28.7 Å². The van der Waals surface area contributed by atoms with Crippen molar-refractivity contribution in [1.82, 2.24) is 0 Å². The van der Waals surface area contributed by atoms with E-state index in [0.29, 0.717) is 0 Å². The van der Waals surface area contributed by atoms with Crippen LogP contribution in [0.2, 0.25) is 0 Å². The summed E-state index contributed by atoms with van der Waals surface area (Å²) in [5.74, 6) is 0. The number of hydrogen-bond acceptors (Lipinski definition) is 1. The van der Waals surface area contributed by atoms with Crippen LogP contribution in [-0.2, 0) is 0 Å². The SMILES string of the molecule is CN(C(=O)Br)c1ccc(Br)cc1. The van der Waals surface area contributed by atoms with E-state index in [4.69, 9.17) is 0 Å². The van der Waals surface area contributed by atoms with Gasteiger partial charge in [0.25, 0.3) is 4.82 Å². The van der Waals surface area contributed by atoms with Gasteiger partial charge in [-0.25, -0.2) is 0 Å². The highest BCUT2D eigenvalue weighted by molar-refractivity contribution is 9.18. The van der Waals surface area contributed by atoms with Gasteiger partial charge in [-0.15, -0.1) is 0 Å². The molecule has 0 aliphatic heterocycles. The Bertz CT molecular complexity index is 284. The van der Waals surface area contributed by atoms with Gasteiger partial charge in [0.2, 0.25) is 0 Å². The molecule has 0 aromatic heterocycles. The predicted molar refractivity (Wildman–Crippen MR) is 56.9 cm³/mol. The lowest BCUT2D eigenvalue weighted by molar-refractivity contribution is 0.267. The van der Waals surface area contributed by atoms with Gasteiger partial charge < -0.3 is 4.90 Å². The summed E-state index contributed by atoms with van der Waals surface area (Å²) < 4.78 is 1.00. The molecule has 0 aliphatic rings. The van der Waals surface area contributed by atoms with E-state index in [9.17, 15) is 4.79 Å². The summed E-state index contributed by atoms with van der Waals surface area (Å²) in [6, 6.07) is 7.51. The smallest absolute Gasteiger partial charge is 0.293 e. The van der Waals surface area contributed by atoms with Crippen LogP contribution in [0.3, 0.4) is 0 Å². The molecular weight excluding hydrogens is 286 g/mol. The van der Waals surface area contributed by atoms with Crippen LogP contribution in [-0.4, -0.2) is 11.9 Å². The normalized spacial score (nSPS) is 9.58. The van der Waals surface area contributed by atoms with Gasteiger partial charge in [-0.1, -0.05) is 15.9 Å². The number of rotatable bonds is 1. The second kappa shape index (κ2) is 4.05. The minimum atomic E-state index is -0.148. The van der Waals surface area contributed by atoms with E-state index >= 15 is 0 Å². The van der Waals surface area contributed by atoms with Gasteiger partial charge in [0.05, 0.1) is 0 Å². The number of carbonyl (C=O) groups excluding carboxylic acids is 1. The third-order valence-electron chi connectivity index (χ3n) is 1.48. The molecule has 0 spiro atoms. The van der Waals surface area contributed by atoms with Crippen LogP contribution >= 0.6 is 31.9 Å². The molecule has 0 atom stereocenters. The molecule has 4 heteroatoms. The summed E-state index contributed by atoms with van der Waals surface area (Å²) in [4.78, 5) is 12.2. The molecule has 1 aromatic carbocycles. The van der Waals surface area contributed by atoms with E-state index in [1.165, 1.54) is 4.90 Å². The summed E-state index contributed by atoms with van der Waals surface area (Å²) in [5.41, 5.74) is 0.861. The molecule has 1 rings (SSSR count). The molecule has 0 N–H and O–H groups in total. The van der Waals surface area contributed by atoms with E-state index in [-0.39, 0.29) is 4.82 Å². The molecule has 64 valence electrons. The Kier molecular flexibility index (Phi) is 3.29. The molecule has 0 unspecified atom stereocenters. The van der Waals surface area contributed by atoms with Gasteiger partial charge in [-0.05, 0) is 24.3 Å². The van der Waals surface area contributed by atoms with Gasteiger partial charge >= 0.3 is 0 Å². The average molecular weight is 293 g/mol. The van der Waals surface area contributed by atoms with Crippen molar-refractivity contribution in [3.63, 3.8) is 0 Å². The van der Waals surface area contributed by atoms with E-state index in [1.54, 1.807) is 7.05 Å². The maximum Gasteiger partial charge on any atom is 0.293 e. The Hall–Kier alpha value is -0.350. The van der Waals surface area contributed by atoms with Crippen molar-refractivity contribution in [1.29, 1.82) is 0 Å². The van der Waals surface area contributed by atoms with Crippen LogP contribution < -0.4 is 4.90 Å². The summed E-state index contributed by atoms with van der Waals surface area (Å²) in [6.07, 6.45) is 0. The quantitative estimate of drug-likeness (QED) is 0.574. The molecule has 12 heavy (non-hydrogen) atoms. The number of amides is 1. The zero-order valence-corrected chi connectivity index (χ0v) is 9.59. The second-order valence-electron chi connectivity index (χ2n) is 2.29. The fraction of sp³-hybridized carbons (Fsp3) is 0.125. The van der Waals surface area contributed by atoms with E-state index < -0.39 is 0 Å². The molecule has 1 amide bonds. The zero-order valence-electron chi connectivity index (χ0n) is 6.42. The first-order valence-electron chi connectivity index (χ1n) is 3.30. The summed E-state index contributed by atoms with van der Waals surface area (Å²) in [5, 5.41) is 0. The highest BCUT2D eigenvalue weighted by Gasteiger charge is 2.05. The molecule has 0 saturated heterocycles. The predicted octanol–water partition coefficient (Wildman–Crippen LogP) is 3.40. The number of halogens is 2. The van der Waals surface area contributed by atoms with Gasteiger partial charge in [0, 0.05) is 33.1 Å². The lowest BCUT2D eigenvalue weighted by Crippen LogP contribution is -2.18. The van der Waals surface area contributed by atoms with E-state index in [2.05, 4.69) is 31.9 Å². The van der Waals surface area contributed by atoms with Crippen molar-refractivity contribution >= 4 is 42.4 Å². The Labute approximate surface area is 87.8 Å². The van der Waals surface area contributed by atoms with Crippen molar-refractivity contribution < 1.29 is 4.79 Å². The highest BCUT2D eigenvalue weighted by Crippen LogP contribution is 2.18. The van der Waals surface area contributed by atoms with Gasteiger partial charge in [0.15, 0.2) is 0 Å². The van der Waals surface area contributed by atoms with Crippen LogP contribution in [0.25, 0.3) is 0 Å². The number of anilines is 1. The molecule has 0 heterocycles. The molecule has 0 saturated carbocycles. The third-order valence-corrected chi connectivity index (χ3v) is 2.54. The number of benzene rings is 1. The fourth-order valence-corrected chi connectivity index (χ4v) is 1.24. The highest BCUT2D eigenvalue weighted by atomic mass is 79.9. The first-order valence-corrected chi connectivity index (χ1v) is 4.88. The molecule has 0 aliphatic carbocycles. The monoisotopic (exact) mass is 291 g/mol. The van der Waals surface area contributed by atoms with Gasteiger partial charge in [-0.3, -0.25) is 4.79 Å². The molecule has 2 nitrogen and oxygen atoms in total. The molecule has 0 radical (unpaired) electrons. The molecular formula is C8H7Br2NO. The van der Waals surface area contributed by atoms with Crippen molar-refractivity contribution in [3.05, 3.63) is 28.7 Å². The topological polar surface area (TPSA) is 20.3 Å². The Balaban J connectivity index is 2.89. The van der Waals surface area contributed by atoms with Gasteiger partial charge in [0.1, 0.15) is 0 Å².